The molecule has 0 radical (unpaired) electrons. The minimum atomic E-state index is 0.471. The lowest BCUT2D eigenvalue weighted by molar-refractivity contribution is 0.0851. The summed E-state index contributed by atoms with van der Waals surface area (Å²) in [6.07, 6.45) is 2.83. The molecule has 1 saturated carbocycles. The summed E-state index contributed by atoms with van der Waals surface area (Å²) in [4.78, 5) is 5.27. The maximum absolute atomic E-state index is 6.09. The minimum absolute atomic E-state index is 0.471. The van der Waals surface area contributed by atoms with Crippen LogP contribution in [0.4, 0.5) is 0 Å². The van der Waals surface area contributed by atoms with Crippen molar-refractivity contribution >= 4 is 0 Å². The maximum Gasteiger partial charge on any atom is 0.0285 e. The number of nitrogens with zero attached hydrogens (tertiary/aromatic N) is 2. The van der Waals surface area contributed by atoms with Crippen molar-refractivity contribution in [1.82, 2.24) is 9.80 Å². The van der Waals surface area contributed by atoms with Gasteiger partial charge in [-0.05, 0) is 24.3 Å². The fourth-order valence-electron chi connectivity index (χ4n) is 3.52. The highest BCUT2D eigenvalue weighted by Gasteiger charge is 2.33. The Kier molecular flexibility index (Phi) is 4.39. The standard InChI is InChI=1S/C17H27N3/c1-14(15-5-3-2-4-6-15)17(13-18)20-11-9-19(10-12-20)16-7-8-16/h2-6,14,16-17H,7-13,18H2,1H3. The highest BCUT2D eigenvalue weighted by Crippen LogP contribution is 2.29. The highest BCUT2D eigenvalue weighted by molar-refractivity contribution is 5.20. The molecule has 2 aliphatic rings. The minimum Gasteiger partial charge on any atom is -0.329 e. The molecule has 110 valence electrons. The van der Waals surface area contributed by atoms with Gasteiger partial charge in [0.2, 0.25) is 0 Å². The molecule has 3 rings (SSSR count). The normalized spacial score (nSPS) is 24.5. The summed E-state index contributed by atoms with van der Waals surface area (Å²) in [6.45, 7) is 7.87. The number of piperazine rings is 1. The number of nitrogens with two attached hydrogens (primary N) is 1. The zero-order chi connectivity index (χ0) is 13.9. The summed E-state index contributed by atoms with van der Waals surface area (Å²) in [5.41, 5.74) is 7.50. The molecule has 1 aliphatic heterocycles. The Morgan fingerprint density at radius 3 is 2.30 bits per heavy atom. The molecular formula is C17H27N3. The number of hydrogen-bond donors (Lipinski definition) is 1. The first kappa shape index (κ1) is 14.1. The molecule has 0 spiro atoms. The molecule has 2 fully saturated rings. The average Bonchev–Trinajstić information content (AvgIpc) is 3.34. The zero-order valence-electron chi connectivity index (χ0n) is 12.5. The van der Waals surface area contributed by atoms with Crippen LogP contribution in [0.3, 0.4) is 0 Å². The first-order chi connectivity index (χ1) is 9.79. The monoisotopic (exact) mass is 273 g/mol. The van der Waals surface area contributed by atoms with E-state index in [4.69, 9.17) is 5.73 Å². The van der Waals surface area contributed by atoms with E-state index in [0.29, 0.717) is 12.0 Å². The second-order valence-corrected chi connectivity index (χ2v) is 6.31. The van der Waals surface area contributed by atoms with Crippen LogP contribution < -0.4 is 5.73 Å². The largest absolute Gasteiger partial charge is 0.329 e. The maximum atomic E-state index is 6.09. The summed E-state index contributed by atoms with van der Waals surface area (Å²) in [6, 6.07) is 12.2. The number of hydrogen-bond acceptors (Lipinski definition) is 3. The van der Waals surface area contributed by atoms with Gasteiger partial charge in [-0.3, -0.25) is 9.80 Å². The first-order valence-corrected chi connectivity index (χ1v) is 8.02. The van der Waals surface area contributed by atoms with Crippen LogP contribution in [-0.2, 0) is 0 Å². The molecule has 2 unspecified atom stereocenters. The van der Waals surface area contributed by atoms with Gasteiger partial charge in [-0.25, -0.2) is 0 Å². The third kappa shape index (κ3) is 3.05. The Hall–Kier alpha value is -0.900. The molecule has 2 N–H and O–H groups in total. The third-order valence-electron chi connectivity index (χ3n) is 5.03. The van der Waals surface area contributed by atoms with Crippen molar-refractivity contribution in [3.63, 3.8) is 0 Å². The molecule has 1 heterocycles. The molecule has 0 bridgehead atoms. The van der Waals surface area contributed by atoms with E-state index in [9.17, 15) is 0 Å². The SMILES string of the molecule is CC(c1ccccc1)C(CN)N1CCN(C2CC2)CC1. The third-order valence-corrected chi connectivity index (χ3v) is 5.03. The van der Waals surface area contributed by atoms with Gasteiger partial charge >= 0.3 is 0 Å². The summed E-state index contributed by atoms with van der Waals surface area (Å²) in [7, 11) is 0. The van der Waals surface area contributed by atoms with Crippen molar-refractivity contribution < 1.29 is 0 Å². The van der Waals surface area contributed by atoms with Gasteiger partial charge in [-0.15, -0.1) is 0 Å². The molecule has 1 saturated heterocycles. The van der Waals surface area contributed by atoms with Gasteiger partial charge in [-0.2, -0.15) is 0 Å². The van der Waals surface area contributed by atoms with E-state index in [1.807, 2.05) is 0 Å². The summed E-state index contributed by atoms with van der Waals surface area (Å²) < 4.78 is 0. The molecular weight excluding hydrogens is 246 g/mol. The van der Waals surface area contributed by atoms with Crippen LogP contribution in [0, 0.1) is 0 Å². The van der Waals surface area contributed by atoms with Crippen molar-refractivity contribution in [2.75, 3.05) is 32.7 Å². The number of benzene rings is 1. The summed E-state index contributed by atoms with van der Waals surface area (Å²) in [5.74, 6) is 0.508. The van der Waals surface area contributed by atoms with E-state index < -0.39 is 0 Å². The van der Waals surface area contributed by atoms with E-state index >= 15 is 0 Å². The molecule has 1 aromatic carbocycles. The summed E-state index contributed by atoms with van der Waals surface area (Å²) in [5, 5.41) is 0. The number of rotatable bonds is 5. The van der Waals surface area contributed by atoms with E-state index in [0.717, 1.165) is 12.6 Å². The molecule has 20 heavy (non-hydrogen) atoms. The van der Waals surface area contributed by atoms with E-state index in [1.54, 1.807) is 0 Å². The van der Waals surface area contributed by atoms with Crippen LogP contribution in [0.5, 0.6) is 0 Å². The Morgan fingerprint density at radius 2 is 1.75 bits per heavy atom. The van der Waals surface area contributed by atoms with Gasteiger partial charge in [0.15, 0.2) is 0 Å². The predicted molar refractivity (Wildman–Crippen MR) is 83.9 cm³/mol. The second kappa shape index (κ2) is 6.25. The van der Waals surface area contributed by atoms with Gasteiger partial charge in [0.1, 0.15) is 0 Å². The topological polar surface area (TPSA) is 32.5 Å². The van der Waals surface area contributed by atoms with Crippen LogP contribution in [0.15, 0.2) is 30.3 Å². The molecule has 3 nitrogen and oxygen atoms in total. The molecule has 3 heteroatoms. The van der Waals surface area contributed by atoms with Crippen molar-refractivity contribution in [2.45, 2.75) is 37.8 Å². The van der Waals surface area contributed by atoms with Gasteiger partial charge in [-0.1, -0.05) is 37.3 Å². The Morgan fingerprint density at radius 1 is 1.10 bits per heavy atom. The molecule has 1 aromatic rings. The first-order valence-electron chi connectivity index (χ1n) is 8.02. The predicted octanol–water partition coefficient (Wildman–Crippen LogP) is 1.90. The Bertz CT molecular complexity index is 408. The fraction of sp³-hybridized carbons (Fsp3) is 0.647. The van der Waals surface area contributed by atoms with Crippen LogP contribution in [-0.4, -0.2) is 54.6 Å². The van der Waals surface area contributed by atoms with Gasteiger partial charge in [0.25, 0.3) is 0 Å². The lowest BCUT2D eigenvalue weighted by atomic mass is 9.91. The van der Waals surface area contributed by atoms with Crippen LogP contribution in [0.1, 0.15) is 31.2 Å². The molecule has 1 aliphatic carbocycles. The second-order valence-electron chi connectivity index (χ2n) is 6.31. The van der Waals surface area contributed by atoms with Crippen LogP contribution in [0.25, 0.3) is 0 Å². The zero-order valence-corrected chi connectivity index (χ0v) is 12.5. The Labute approximate surface area is 122 Å². The van der Waals surface area contributed by atoms with E-state index in [1.165, 1.54) is 44.6 Å². The quantitative estimate of drug-likeness (QED) is 0.889. The fourth-order valence-corrected chi connectivity index (χ4v) is 3.52. The van der Waals surface area contributed by atoms with Crippen molar-refractivity contribution in [3.8, 4) is 0 Å². The van der Waals surface area contributed by atoms with Gasteiger partial charge < -0.3 is 5.73 Å². The molecule has 0 amide bonds. The lowest BCUT2D eigenvalue weighted by Gasteiger charge is -2.41. The highest BCUT2D eigenvalue weighted by atomic mass is 15.3. The van der Waals surface area contributed by atoms with Crippen molar-refractivity contribution in [2.24, 2.45) is 5.73 Å². The summed E-state index contributed by atoms with van der Waals surface area (Å²) >= 11 is 0. The average molecular weight is 273 g/mol. The molecule has 0 aromatic heterocycles. The smallest absolute Gasteiger partial charge is 0.0285 e. The molecule has 2 atom stereocenters. The van der Waals surface area contributed by atoms with E-state index in [2.05, 4.69) is 47.1 Å². The lowest BCUT2D eigenvalue weighted by Crippen LogP contribution is -2.54. The van der Waals surface area contributed by atoms with Crippen LogP contribution in [0.2, 0.25) is 0 Å². The van der Waals surface area contributed by atoms with Gasteiger partial charge in [0.05, 0.1) is 0 Å². The Balaban J connectivity index is 1.61. The van der Waals surface area contributed by atoms with Crippen molar-refractivity contribution in [3.05, 3.63) is 35.9 Å². The van der Waals surface area contributed by atoms with Crippen LogP contribution >= 0.6 is 0 Å². The van der Waals surface area contributed by atoms with E-state index in [-0.39, 0.29) is 0 Å². The van der Waals surface area contributed by atoms with Gasteiger partial charge in [0, 0.05) is 44.8 Å². The van der Waals surface area contributed by atoms with Crippen molar-refractivity contribution in [1.29, 1.82) is 0 Å².